The Kier molecular flexibility index (Phi) is 18.6. The first-order valence-corrected chi connectivity index (χ1v) is 18.0. The largest absolute Gasteiger partial charge is 3.00 e. The van der Waals surface area contributed by atoms with E-state index in [-0.39, 0.29) is 36.9 Å². The van der Waals surface area contributed by atoms with Crippen molar-refractivity contribution in [1.29, 1.82) is 0 Å². The Hall–Kier alpha value is -1.23. The summed E-state index contributed by atoms with van der Waals surface area (Å²) in [5.74, 6) is 8.24. The van der Waals surface area contributed by atoms with Gasteiger partial charge in [-0.2, -0.15) is 0 Å². The molecular weight excluding hydrogens is 677 g/mol. The van der Waals surface area contributed by atoms with Gasteiger partial charge in [0.25, 0.3) is 0 Å². The van der Waals surface area contributed by atoms with Gasteiger partial charge in [-0.1, -0.05) is 123 Å². The summed E-state index contributed by atoms with van der Waals surface area (Å²) in [6.45, 7) is 30.1. The molecule has 5 radical (unpaired) electrons. The Morgan fingerprint density at radius 2 is 0.878 bits per heavy atom. The fourth-order valence-corrected chi connectivity index (χ4v) is 3.99. The molecule has 4 rings (SSSR count). The first kappa shape index (κ1) is 39.8. The van der Waals surface area contributed by atoms with Crippen molar-refractivity contribution in [3.05, 3.63) is 120 Å². The van der Waals surface area contributed by atoms with Gasteiger partial charge in [0.05, 0.1) is 11.4 Å². The van der Waals surface area contributed by atoms with Gasteiger partial charge in [-0.15, -0.1) is 13.8 Å². The molecule has 3 aromatic rings. The van der Waals surface area contributed by atoms with Crippen LogP contribution in [-0.4, -0.2) is 18.0 Å². The van der Waals surface area contributed by atoms with Crippen LogP contribution in [0.4, 0.5) is 5.69 Å². The van der Waals surface area contributed by atoms with Crippen LogP contribution in [0, 0.1) is 73.0 Å². The van der Waals surface area contributed by atoms with E-state index in [0.717, 1.165) is 28.2 Å². The van der Waals surface area contributed by atoms with E-state index in [0.29, 0.717) is 11.8 Å². The van der Waals surface area contributed by atoms with Crippen LogP contribution >= 0.6 is 0 Å². The molecule has 1 aromatic carbocycles. The molecule has 2 heterocycles. The van der Waals surface area contributed by atoms with Crippen LogP contribution in [0.3, 0.4) is 0 Å². The summed E-state index contributed by atoms with van der Waals surface area (Å²) in [6.07, 6.45) is 3.54. The SMILES string of the molecule is CC(C)c1cccc(C(C)C)c1[NH-].C[C]1[C](C)[C](C)[C](C)[C]1C.[CH2-][Si](C)(C)C.[Lu+3].c1ccc(-c2ccccn2)nc1. The Balaban J connectivity index is 0.000000539. The molecule has 0 aliphatic heterocycles. The molecule has 5 heteroatoms. The molecule has 0 saturated heterocycles. The average molecular weight is 730 g/mol. The number of pyridine rings is 2. The smallest absolute Gasteiger partial charge is 0.698 e. The summed E-state index contributed by atoms with van der Waals surface area (Å²) in [5.41, 5.74) is 12.9. The van der Waals surface area contributed by atoms with Gasteiger partial charge in [0.15, 0.2) is 0 Å². The molecule has 0 spiro atoms. The maximum atomic E-state index is 8.01. The number of hydrogen-bond acceptors (Lipinski definition) is 2. The zero-order valence-corrected chi connectivity index (χ0v) is 30.0. The number of aromatic nitrogens is 2. The van der Waals surface area contributed by atoms with Crippen LogP contribution in [0.15, 0.2) is 67.0 Å². The second-order valence-corrected chi connectivity index (χ2v) is 17.4. The molecule has 0 unspecified atom stereocenters. The summed E-state index contributed by atoms with van der Waals surface area (Å²) < 4.78 is 0. The number of nitrogens with zero attached hydrogens (tertiary/aromatic N) is 2. The van der Waals surface area contributed by atoms with Crippen LogP contribution in [-0.2, 0) is 0 Å². The molecule has 0 amide bonds. The molecule has 1 N–H and O–H groups in total. The normalized spacial score (nSPS) is 14.8. The molecule has 2 aromatic heterocycles. The van der Waals surface area contributed by atoms with Gasteiger partial charge in [0.1, 0.15) is 0 Å². The summed E-state index contributed by atoms with van der Waals surface area (Å²) in [7, 11) is -0.861. The fourth-order valence-electron chi connectivity index (χ4n) is 3.99. The Morgan fingerprint density at radius 3 is 1.10 bits per heavy atom. The molecule has 1 saturated carbocycles. The Labute approximate surface area is 283 Å². The van der Waals surface area contributed by atoms with E-state index >= 15 is 0 Å². The minimum absolute atomic E-state index is 0. The van der Waals surface area contributed by atoms with Gasteiger partial charge in [-0.3, -0.25) is 9.97 Å². The number of nitrogens with one attached hydrogen (secondary N) is 1. The zero-order valence-electron chi connectivity index (χ0n) is 27.4. The molecule has 1 aliphatic carbocycles. The van der Waals surface area contributed by atoms with E-state index < -0.39 is 8.07 Å². The molecule has 229 valence electrons. The van der Waals surface area contributed by atoms with E-state index in [9.17, 15) is 0 Å². The Morgan fingerprint density at radius 1 is 0.585 bits per heavy atom. The van der Waals surface area contributed by atoms with E-state index in [2.05, 4.69) is 117 Å². The Bertz CT molecular complexity index is 982. The average Bonchev–Trinajstić information content (AvgIpc) is 3.07. The van der Waals surface area contributed by atoms with E-state index in [1.807, 2.05) is 36.4 Å². The van der Waals surface area contributed by atoms with Gasteiger partial charge in [0, 0.05) is 12.4 Å². The third-order valence-electron chi connectivity index (χ3n) is 6.78. The fraction of sp³-hybridized carbons (Fsp3) is 0.389. The quantitative estimate of drug-likeness (QED) is 0.199. The zero-order chi connectivity index (χ0) is 30.6. The van der Waals surface area contributed by atoms with Crippen molar-refractivity contribution >= 4 is 13.8 Å². The van der Waals surface area contributed by atoms with E-state index in [4.69, 9.17) is 5.73 Å². The van der Waals surface area contributed by atoms with Crippen LogP contribution in [0.2, 0.25) is 19.6 Å². The molecule has 1 aliphatic rings. The molecule has 1 fully saturated rings. The third kappa shape index (κ3) is 14.2. The van der Waals surface area contributed by atoms with Gasteiger partial charge in [-0.25, -0.2) is 0 Å². The standard InChI is InChI=1S/C12H18N.C10H8N2.C10H15.C4H11Si.Lu/c1-8(2)10-6-5-7-11(9(3)4)12(10)13;1-3-7-11-9(5-1)10-6-2-4-8-12-10;1-6-7(2)9(4)10(5)8(6)3;1-5(2,3)4;/h5-9,13H,1-4H3;1-8H;1-5H3;1H2,2-4H3;/q-1;;;-1;+3. The first-order chi connectivity index (χ1) is 18.6. The number of hydrogen-bond donors (Lipinski definition) is 0. The maximum absolute atomic E-state index is 8.01. The predicted octanol–water partition coefficient (Wildman–Crippen LogP) is 11.4. The summed E-state index contributed by atoms with van der Waals surface area (Å²) in [5, 5.41) is 0. The molecular formula is C36H52LuN3Si+. The third-order valence-corrected chi connectivity index (χ3v) is 6.78. The maximum Gasteiger partial charge on any atom is 3.00 e. The number of benzene rings is 1. The van der Waals surface area contributed by atoms with Gasteiger partial charge in [0.2, 0.25) is 0 Å². The summed E-state index contributed by atoms with van der Waals surface area (Å²) in [4.78, 5) is 8.37. The second kappa shape index (κ2) is 19.1. The van der Waals surface area contributed by atoms with Crippen LogP contribution in [0.25, 0.3) is 17.1 Å². The summed E-state index contributed by atoms with van der Waals surface area (Å²) >= 11 is 0. The molecule has 3 nitrogen and oxygen atoms in total. The van der Waals surface area contributed by atoms with E-state index in [1.54, 1.807) is 12.4 Å². The van der Waals surface area contributed by atoms with Crippen molar-refractivity contribution in [2.24, 2.45) is 0 Å². The molecule has 0 bridgehead atoms. The van der Waals surface area contributed by atoms with Crippen molar-refractivity contribution in [3.8, 4) is 11.4 Å². The van der Waals surface area contributed by atoms with Crippen molar-refractivity contribution in [3.63, 3.8) is 0 Å². The van der Waals surface area contributed by atoms with Crippen molar-refractivity contribution < 1.29 is 36.9 Å². The van der Waals surface area contributed by atoms with Crippen molar-refractivity contribution in [1.82, 2.24) is 9.97 Å². The molecule has 41 heavy (non-hydrogen) atoms. The van der Waals surface area contributed by atoms with Crippen LogP contribution < -0.4 is 0 Å². The minimum atomic E-state index is -0.861. The van der Waals surface area contributed by atoms with Gasteiger partial charge < -0.3 is 12.3 Å². The van der Waals surface area contributed by atoms with Crippen molar-refractivity contribution in [2.75, 3.05) is 0 Å². The van der Waals surface area contributed by atoms with Crippen molar-refractivity contribution in [2.45, 2.75) is 93.8 Å². The van der Waals surface area contributed by atoms with Crippen LogP contribution in [0.1, 0.15) is 85.3 Å². The first-order valence-electron chi connectivity index (χ1n) is 14.3. The van der Waals surface area contributed by atoms with Gasteiger partial charge in [-0.05, 0) is 65.7 Å². The summed E-state index contributed by atoms with van der Waals surface area (Å²) in [6, 6.07) is 17.8. The number of rotatable bonds is 3. The monoisotopic (exact) mass is 729 g/mol. The molecule has 0 atom stereocenters. The van der Waals surface area contributed by atoms with Gasteiger partial charge >= 0.3 is 36.9 Å². The topological polar surface area (TPSA) is 49.6 Å². The van der Waals surface area contributed by atoms with Crippen LogP contribution in [0.5, 0.6) is 0 Å². The predicted molar refractivity (Wildman–Crippen MR) is 179 cm³/mol. The van der Waals surface area contributed by atoms with E-state index in [1.165, 1.54) is 29.6 Å². The second-order valence-electron chi connectivity index (χ2n) is 12.2. The minimum Gasteiger partial charge on any atom is -0.698 e.